The molecule has 2 aromatic rings. The zero-order valence-corrected chi connectivity index (χ0v) is 10.6. The molecule has 0 radical (unpaired) electrons. The van der Waals surface area contributed by atoms with Gasteiger partial charge in [-0.15, -0.1) is 0 Å². The summed E-state index contributed by atoms with van der Waals surface area (Å²) in [6, 6.07) is 9.45. The number of pyridine rings is 1. The fraction of sp³-hybridized carbons (Fsp3) is 0.0714. The Balaban J connectivity index is 2.23. The lowest BCUT2D eigenvalue weighted by Crippen LogP contribution is -2.15. The van der Waals surface area contributed by atoms with Crippen LogP contribution in [0.25, 0.3) is 0 Å². The van der Waals surface area contributed by atoms with Gasteiger partial charge in [0.05, 0.1) is 23.4 Å². The fourth-order valence-electron chi connectivity index (χ4n) is 1.64. The Labute approximate surface area is 115 Å². The van der Waals surface area contributed by atoms with Crippen molar-refractivity contribution in [1.82, 2.24) is 4.98 Å². The first-order chi connectivity index (χ1) is 9.63. The number of halogens is 1. The third-order valence-electron chi connectivity index (χ3n) is 2.61. The summed E-state index contributed by atoms with van der Waals surface area (Å²) < 4.78 is 13.2. The van der Waals surface area contributed by atoms with E-state index in [1.54, 1.807) is 31.3 Å². The minimum atomic E-state index is -0.589. The molecule has 0 aliphatic carbocycles. The van der Waals surface area contributed by atoms with Crippen molar-refractivity contribution in [2.45, 2.75) is 0 Å². The van der Waals surface area contributed by atoms with E-state index >= 15 is 0 Å². The van der Waals surface area contributed by atoms with Crippen LogP contribution in [0, 0.1) is 17.1 Å². The zero-order valence-electron chi connectivity index (χ0n) is 10.6. The largest absolute Gasteiger partial charge is 0.372 e. The molecule has 0 spiro atoms. The maximum Gasteiger partial charge on any atom is 0.259 e. The van der Waals surface area contributed by atoms with Crippen molar-refractivity contribution in [3.63, 3.8) is 0 Å². The van der Waals surface area contributed by atoms with Crippen molar-refractivity contribution in [2.75, 3.05) is 17.7 Å². The summed E-state index contributed by atoms with van der Waals surface area (Å²) >= 11 is 0. The van der Waals surface area contributed by atoms with E-state index < -0.39 is 11.7 Å². The van der Waals surface area contributed by atoms with E-state index in [0.717, 1.165) is 12.3 Å². The Morgan fingerprint density at radius 2 is 2.05 bits per heavy atom. The van der Waals surface area contributed by atoms with Crippen molar-refractivity contribution in [3.8, 4) is 6.07 Å². The summed E-state index contributed by atoms with van der Waals surface area (Å²) in [6.45, 7) is 0. The van der Waals surface area contributed by atoms with E-state index in [0.29, 0.717) is 11.3 Å². The molecule has 1 aromatic carbocycles. The first-order valence-corrected chi connectivity index (χ1v) is 5.79. The number of rotatable bonds is 3. The molecule has 100 valence electrons. The van der Waals surface area contributed by atoms with Crippen LogP contribution in [0.4, 0.5) is 15.9 Å². The topological polar surface area (TPSA) is 77.8 Å². The van der Waals surface area contributed by atoms with E-state index in [4.69, 9.17) is 5.26 Å². The highest BCUT2D eigenvalue weighted by molar-refractivity contribution is 6.07. The van der Waals surface area contributed by atoms with Gasteiger partial charge in [-0.25, -0.2) is 9.37 Å². The lowest BCUT2D eigenvalue weighted by atomic mass is 10.2. The molecule has 0 unspecified atom stereocenters. The molecular formula is C14H11FN4O. The Kier molecular flexibility index (Phi) is 3.91. The number of hydrogen-bond donors (Lipinski definition) is 2. The second-order valence-corrected chi connectivity index (χ2v) is 3.94. The zero-order chi connectivity index (χ0) is 14.5. The Morgan fingerprint density at radius 1 is 1.35 bits per heavy atom. The number of aromatic nitrogens is 1. The summed E-state index contributed by atoms with van der Waals surface area (Å²) in [5.41, 5.74) is 1.11. The molecule has 0 fully saturated rings. The SMILES string of the molecule is CNc1ncc(F)cc1C(=O)Nc1ccc(C#N)cc1. The minimum absolute atomic E-state index is 0.108. The Morgan fingerprint density at radius 3 is 2.65 bits per heavy atom. The third kappa shape index (κ3) is 2.90. The molecule has 0 saturated carbocycles. The molecular weight excluding hydrogens is 259 g/mol. The highest BCUT2D eigenvalue weighted by atomic mass is 19.1. The van der Waals surface area contributed by atoms with E-state index in [1.807, 2.05) is 6.07 Å². The number of anilines is 2. The van der Waals surface area contributed by atoms with E-state index in [9.17, 15) is 9.18 Å². The van der Waals surface area contributed by atoms with E-state index in [1.165, 1.54) is 0 Å². The van der Waals surface area contributed by atoms with Crippen LogP contribution in [0.5, 0.6) is 0 Å². The van der Waals surface area contributed by atoms with Gasteiger partial charge in [0.2, 0.25) is 0 Å². The molecule has 5 nitrogen and oxygen atoms in total. The van der Waals surface area contributed by atoms with Gasteiger partial charge in [0.1, 0.15) is 11.6 Å². The molecule has 6 heteroatoms. The lowest BCUT2D eigenvalue weighted by molar-refractivity contribution is 0.102. The summed E-state index contributed by atoms with van der Waals surface area (Å²) in [5, 5.41) is 14.0. The standard InChI is InChI=1S/C14H11FN4O/c1-17-13-12(6-10(15)8-18-13)14(20)19-11-4-2-9(7-16)3-5-11/h2-6,8H,1H3,(H,17,18)(H,19,20). The molecule has 0 atom stereocenters. The molecule has 2 N–H and O–H groups in total. The number of nitrogens with one attached hydrogen (secondary N) is 2. The predicted octanol–water partition coefficient (Wildman–Crippen LogP) is 2.39. The first-order valence-electron chi connectivity index (χ1n) is 5.79. The van der Waals surface area contributed by atoms with Crippen LogP contribution in [0.1, 0.15) is 15.9 Å². The van der Waals surface area contributed by atoms with Gasteiger partial charge in [0, 0.05) is 12.7 Å². The normalized spacial score (nSPS) is 9.65. The molecule has 0 bridgehead atoms. The molecule has 1 amide bonds. The van der Waals surface area contributed by atoms with Crippen LogP contribution in [-0.2, 0) is 0 Å². The fourth-order valence-corrected chi connectivity index (χ4v) is 1.64. The summed E-state index contributed by atoms with van der Waals surface area (Å²) in [6.07, 6.45) is 1.03. The van der Waals surface area contributed by atoms with Gasteiger partial charge in [-0.05, 0) is 30.3 Å². The number of carbonyl (C=O) groups excluding carboxylic acids is 1. The smallest absolute Gasteiger partial charge is 0.259 e. The Hall–Kier alpha value is -2.94. The number of benzene rings is 1. The third-order valence-corrected chi connectivity index (χ3v) is 2.61. The molecule has 0 aliphatic rings. The van der Waals surface area contributed by atoms with Gasteiger partial charge in [-0.2, -0.15) is 5.26 Å². The number of carbonyl (C=O) groups is 1. The molecule has 1 heterocycles. The van der Waals surface area contributed by atoms with Gasteiger partial charge < -0.3 is 10.6 Å². The van der Waals surface area contributed by atoms with Crippen molar-refractivity contribution < 1.29 is 9.18 Å². The second kappa shape index (κ2) is 5.80. The number of nitrogens with zero attached hydrogens (tertiary/aromatic N) is 2. The predicted molar refractivity (Wildman–Crippen MR) is 72.9 cm³/mol. The molecule has 0 aliphatic heterocycles. The molecule has 2 rings (SSSR count). The summed E-state index contributed by atoms with van der Waals surface area (Å²) in [5.74, 6) is -0.780. The van der Waals surface area contributed by atoms with Gasteiger partial charge in [0.25, 0.3) is 5.91 Å². The van der Waals surface area contributed by atoms with Crippen molar-refractivity contribution in [3.05, 3.63) is 53.5 Å². The molecule has 0 saturated heterocycles. The van der Waals surface area contributed by atoms with Crippen LogP contribution < -0.4 is 10.6 Å². The van der Waals surface area contributed by atoms with E-state index in [-0.39, 0.29) is 11.4 Å². The highest BCUT2D eigenvalue weighted by Crippen LogP contribution is 2.16. The average Bonchev–Trinajstić information content (AvgIpc) is 2.48. The minimum Gasteiger partial charge on any atom is -0.372 e. The number of nitriles is 1. The van der Waals surface area contributed by atoms with Crippen LogP contribution in [0.3, 0.4) is 0 Å². The first kappa shape index (κ1) is 13.5. The van der Waals surface area contributed by atoms with Crippen LogP contribution >= 0.6 is 0 Å². The maximum atomic E-state index is 13.2. The van der Waals surface area contributed by atoms with Crippen LogP contribution in [0.15, 0.2) is 36.5 Å². The van der Waals surface area contributed by atoms with Crippen LogP contribution in [0.2, 0.25) is 0 Å². The molecule has 20 heavy (non-hydrogen) atoms. The second-order valence-electron chi connectivity index (χ2n) is 3.94. The van der Waals surface area contributed by atoms with Crippen LogP contribution in [-0.4, -0.2) is 17.9 Å². The highest BCUT2D eigenvalue weighted by Gasteiger charge is 2.13. The van der Waals surface area contributed by atoms with Gasteiger partial charge >= 0.3 is 0 Å². The van der Waals surface area contributed by atoms with Gasteiger partial charge in [0.15, 0.2) is 0 Å². The van der Waals surface area contributed by atoms with Gasteiger partial charge in [-0.3, -0.25) is 4.79 Å². The van der Waals surface area contributed by atoms with E-state index in [2.05, 4.69) is 15.6 Å². The maximum absolute atomic E-state index is 13.2. The average molecular weight is 270 g/mol. The number of hydrogen-bond acceptors (Lipinski definition) is 4. The van der Waals surface area contributed by atoms with Crippen molar-refractivity contribution in [2.24, 2.45) is 0 Å². The van der Waals surface area contributed by atoms with Crippen molar-refractivity contribution >= 4 is 17.4 Å². The monoisotopic (exact) mass is 270 g/mol. The summed E-state index contributed by atoms with van der Waals surface area (Å²) in [4.78, 5) is 15.9. The Bertz CT molecular complexity index is 677. The quantitative estimate of drug-likeness (QED) is 0.897. The molecule has 1 aromatic heterocycles. The number of amides is 1. The summed E-state index contributed by atoms with van der Waals surface area (Å²) in [7, 11) is 1.60. The lowest BCUT2D eigenvalue weighted by Gasteiger charge is -2.09. The van der Waals surface area contributed by atoms with Crippen molar-refractivity contribution in [1.29, 1.82) is 5.26 Å². The van der Waals surface area contributed by atoms with Gasteiger partial charge in [-0.1, -0.05) is 0 Å².